The van der Waals surface area contributed by atoms with Crippen LogP contribution in [0, 0.1) is 11.6 Å². The van der Waals surface area contributed by atoms with E-state index < -0.39 is 11.6 Å². The molecule has 0 fully saturated rings. The van der Waals surface area contributed by atoms with Gasteiger partial charge in [-0.1, -0.05) is 16.8 Å². The normalized spacial score (nSPS) is 10.6. The maximum absolute atomic E-state index is 13.4. The van der Waals surface area contributed by atoms with E-state index in [4.69, 9.17) is 21.9 Å². The second-order valence-corrected chi connectivity index (χ2v) is 3.21. The van der Waals surface area contributed by atoms with Crippen LogP contribution in [0.4, 0.5) is 14.5 Å². The highest BCUT2D eigenvalue weighted by Gasteiger charge is 2.19. The van der Waals surface area contributed by atoms with Gasteiger partial charge in [0.1, 0.15) is 17.3 Å². The van der Waals surface area contributed by atoms with Crippen molar-refractivity contribution in [2.24, 2.45) is 0 Å². The molecule has 2 rings (SSSR count). The fourth-order valence-electron chi connectivity index (χ4n) is 1.17. The van der Waals surface area contributed by atoms with Crippen molar-refractivity contribution in [1.29, 1.82) is 0 Å². The van der Waals surface area contributed by atoms with Crippen molar-refractivity contribution in [3.63, 3.8) is 0 Å². The number of nitrogen functional groups attached to an aromatic ring is 1. The second kappa shape index (κ2) is 3.51. The van der Waals surface area contributed by atoms with Gasteiger partial charge in [0.15, 0.2) is 5.76 Å². The van der Waals surface area contributed by atoms with Crippen LogP contribution in [-0.4, -0.2) is 5.16 Å². The summed E-state index contributed by atoms with van der Waals surface area (Å²) in [4.78, 5) is 0. The minimum atomic E-state index is -0.746. The van der Waals surface area contributed by atoms with E-state index in [-0.39, 0.29) is 22.0 Å². The molecule has 0 aliphatic carbocycles. The van der Waals surface area contributed by atoms with Crippen molar-refractivity contribution in [2.75, 3.05) is 5.73 Å². The third kappa shape index (κ3) is 1.55. The van der Waals surface area contributed by atoms with Crippen LogP contribution in [0.3, 0.4) is 0 Å². The fraction of sp³-hybridized carbons (Fsp3) is 0. The first-order valence-corrected chi connectivity index (χ1v) is 4.33. The van der Waals surface area contributed by atoms with Gasteiger partial charge in [-0.15, -0.1) is 0 Å². The van der Waals surface area contributed by atoms with Gasteiger partial charge < -0.3 is 10.3 Å². The van der Waals surface area contributed by atoms with E-state index in [0.29, 0.717) is 0 Å². The first-order chi connectivity index (χ1) is 7.11. The molecule has 0 amide bonds. The van der Waals surface area contributed by atoms with Gasteiger partial charge in [0, 0.05) is 0 Å². The van der Waals surface area contributed by atoms with E-state index in [1.165, 1.54) is 6.20 Å². The lowest BCUT2D eigenvalue weighted by Crippen LogP contribution is -1.91. The van der Waals surface area contributed by atoms with Crippen molar-refractivity contribution in [3.8, 4) is 11.3 Å². The van der Waals surface area contributed by atoms with Gasteiger partial charge in [0.05, 0.1) is 16.8 Å². The van der Waals surface area contributed by atoms with Crippen LogP contribution in [-0.2, 0) is 0 Å². The number of nitrogens with zero attached hydrogens (tertiary/aromatic N) is 1. The first-order valence-electron chi connectivity index (χ1n) is 3.95. The number of anilines is 1. The summed E-state index contributed by atoms with van der Waals surface area (Å²) in [6.07, 6.45) is 1.19. The van der Waals surface area contributed by atoms with E-state index in [9.17, 15) is 8.78 Å². The standard InChI is InChI=1S/C9H5ClF2N2O/c10-8-5(12)2-1-4(11)7(8)9-6(13)3-14-15-9/h1-3H,13H2. The number of halogens is 3. The number of aromatic nitrogens is 1. The number of rotatable bonds is 1. The molecule has 1 aromatic heterocycles. The molecule has 3 nitrogen and oxygen atoms in total. The molecular weight excluding hydrogens is 226 g/mol. The number of hydrogen-bond donors (Lipinski definition) is 1. The Morgan fingerprint density at radius 1 is 1.27 bits per heavy atom. The Bertz CT molecular complexity index is 513. The molecule has 0 unspecified atom stereocenters. The molecular formula is C9H5ClF2N2O. The predicted octanol–water partition coefficient (Wildman–Crippen LogP) is 2.86. The summed E-state index contributed by atoms with van der Waals surface area (Å²) in [6, 6.07) is 1.87. The summed E-state index contributed by atoms with van der Waals surface area (Å²) in [5.41, 5.74) is 5.34. The van der Waals surface area contributed by atoms with Crippen LogP contribution in [0.15, 0.2) is 22.9 Å². The van der Waals surface area contributed by atoms with Crippen LogP contribution < -0.4 is 5.73 Å². The maximum Gasteiger partial charge on any atom is 0.194 e. The molecule has 6 heteroatoms. The maximum atomic E-state index is 13.4. The molecule has 78 valence electrons. The minimum Gasteiger partial charge on any atom is -0.394 e. The smallest absolute Gasteiger partial charge is 0.194 e. The van der Waals surface area contributed by atoms with Crippen LogP contribution >= 0.6 is 11.6 Å². The topological polar surface area (TPSA) is 52.0 Å². The second-order valence-electron chi connectivity index (χ2n) is 2.83. The zero-order chi connectivity index (χ0) is 11.0. The van der Waals surface area contributed by atoms with Gasteiger partial charge in [-0.25, -0.2) is 8.78 Å². The first kappa shape index (κ1) is 9.92. The van der Waals surface area contributed by atoms with Crippen LogP contribution in [0.1, 0.15) is 0 Å². The van der Waals surface area contributed by atoms with Gasteiger partial charge in [-0.05, 0) is 12.1 Å². The Hall–Kier alpha value is -1.62. The lowest BCUT2D eigenvalue weighted by atomic mass is 10.1. The molecule has 0 saturated heterocycles. The molecule has 2 aromatic rings. The minimum absolute atomic E-state index is 0.0722. The van der Waals surface area contributed by atoms with E-state index in [0.717, 1.165) is 12.1 Å². The Morgan fingerprint density at radius 2 is 1.93 bits per heavy atom. The molecule has 0 aliphatic heterocycles. The van der Waals surface area contributed by atoms with E-state index in [1.54, 1.807) is 0 Å². The summed E-state index contributed by atoms with van der Waals surface area (Å²) in [6.45, 7) is 0. The Labute approximate surface area is 88.4 Å². The summed E-state index contributed by atoms with van der Waals surface area (Å²) in [7, 11) is 0. The highest BCUT2D eigenvalue weighted by Crippen LogP contribution is 2.35. The monoisotopic (exact) mass is 230 g/mol. The zero-order valence-electron chi connectivity index (χ0n) is 7.30. The van der Waals surface area contributed by atoms with Crippen molar-refractivity contribution in [3.05, 3.63) is 35.0 Å². The SMILES string of the molecule is Nc1cnoc1-c1c(F)ccc(F)c1Cl. The summed E-state index contributed by atoms with van der Waals surface area (Å²) >= 11 is 5.60. The molecule has 2 N–H and O–H groups in total. The average molecular weight is 231 g/mol. The Balaban J connectivity index is 2.72. The Morgan fingerprint density at radius 3 is 2.53 bits per heavy atom. The molecule has 0 atom stereocenters. The molecule has 15 heavy (non-hydrogen) atoms. The molecule has 1 heterocycles. The summed E-state index contributed by atoms with van der Waals surface area (Å²) in [5.74, 6) is -1.54. The van der Waals surface area contributed by atoms with Crippen molar-refractivity contribution >= 4 is 17.3 Å². The zero-order valence-corrected chi connectivity index (χ0v) is 8.05. The summed E-state index contributed by atoms with van der Waals surface area (Å²) < 4.78 is 31.2. The third-order valence-corrected chi connectivity index (χ3v) is 2.24. The van der Waals surface area contributed by atoms with E-state index in [1.807, 2.05) is 0 Å². The van der Waals surface area contributed by atoms with Crippen LogP contribution in [0.2, 0.25) is 5.02 Å². The molecule has 0 aliphatic rings. The van der Waals surface area contributed by atoms with Crippen molar-refractivity contribution in [1.82, 2.24) is 5.16 Å². The molecule has 0 saturated carbocycles. The number of hydrogen-bond acceptors (Lipinski definition) is 3. The number of nitrogens with two attached hydrogens (primary N) is 1. The molecule has 0 radical (unpaired) electrons. The lowest BCUT2D eigenvalue weighted by molar-refractivity contribution is 0.429. The van der Waals surface area contributed by atoms with Gasteiger partial charge in [-0.3, -0.25) is 0 Å². The highest BCUT2D eigenvalue weighted by atomic mass is 35.5. The van der Waals surface area contributed by atoms with Gasteiger partial charge in [0.2, 0.25) is 0 Å². The Kier molecular flexibility index (Phi) is 2.32. The van der Waals surface area contributed by atoms with Gasteiger partial charge >= 0.3 is 0 Å². The van der Waals surface area contributed by atoms with Crippen LogP contribution in [0.5, 0.6) is 0 Å². The molecule has 0 bridgehead atoms. The quantitative estimate of drug-likeness (QED) is 0.767. The highest BCUT2D eigenvalue weighted by molar-refractivity contribution is 6.33. The lowest BCUT2D eigenvalue weighted by Gasteiger charge is -2.03. The number of benzene rings is 1. The van der Waals surface area contributed by atoms with Gasteiger partial charge in [-0.2, -0.15) is 0 Å². The largest absolute Gasteiger partial charge is 0.394 e. The fourth-order valence-corrected chi connectivity index (χ4v) is 1.41. The van der Waals surface area contributed by atoms with Gasteiger partial charge in [0.25, 0.3) is 0 Å². The molecule has 1 aromatic carbocycles. The third-order valence-electron chi connectivity index (χ3n) is 1.87. The molecule has 0 spiro atoms. The average Bonchev–Trinajstić information content (AvgIpc) is 2.60. The summed E-state index contributed by atoms with van der Waals surface area (Å²) in [5, 5.41) is 2.99. The van der Waals surface area contributed by atoms with Crippen molar-refractivity contribution in [2.45, 2.75) is 0 Å². The van der Waals surface area contributed by atoms with E-state index >= 15 is 0 Å². The van der Waals surface area contributed by atoms with Crippen molar-refractivity contribution < 1.29 is 13.3 Å². The predicted molar refractivity (Wildman–Crippen MR) is 51.3 cm³/mol. The van der Waals surface area contributed by atoms with Crippen LogP contribution in [0.25, 0.3) is 11.3 Å². The van der Waals surface area contributed by atoms with E-state index in [2.05, 4.69) is 5.16 Å².